The third kappa shape index (κ3) is 3.43. The van der Waals surface area contributed by atoms with Crippen molar-refractivity contribution >= 4 is 39.8 Å². The van der Waals surface area contributed by atoms with Crippen molar-refractivity contribution in [2.45, 2.75) is 31.9 Å². The second kappa shape index (κ2) is 7.41. The summed E-state index contributed by atoms with van der Waals surface area (Å²) in [6.45, 7) is 1.55. The third-order valence-electron chi connectivity index (χ3n) is 5.28. The highest BCUT2D eigenvalue weighted by molar-refractivity contribution is 7.13. The van der Waals surface area contributed by atoms with E-state index in [9.17, 15) is 24.6 Å². The maximum Gasteiger partial charge on any atom is 0.352 e. The number of carbonyl (C=O) groups excluding carboxylic acids is 2. The summed E-state index contributed by atoms with van der Waals surface area (Å²) < 4.78 is 0. The summed E-state index contributed by atoms with van der Waals surface area (Å²) in [7, 11) is 0. The van der Waals surface area contributed by atoms with E-state index < -0.39 is 18.0 Å². The Hall–Kier alpha value is -3.04. The molecule has 1 saturated heterocycles. The minimum atomic E-state index is -1.16. The minimum Gasteiger partial charge on any atom is -0.477 e. The molecule has 9 heteroatoms. The molecule has 2 aliphatic heterocycles. The average Bonchev–Trinajstić information content (AvgIpc) is 3.27. The van der Waals surface area contributed by atoms with Crippen molar-refractivity contribution in [2.24, 2.45) is 5.92 Å². The fourth-order valence-corrected chi connectivity index (χ4v) is 4.53. The van der Waals surface area contributed by atoms with E-state index in [-0.39, 0.29) is 30.0 Å². The first-order valence-electron chi connectivity index (χ1n) is 9.13. The number of amides is 2. The number of anilines is 1. The van der Waals surface area contributed by atoms with Crippen LogP contribution in [0.1, 0.15) is 24.5 Å². The van der Waals surface area contributed by atoms with Crippen molar-refractivity contribution in [3.63, 3.8) is 0 Å². The van der Waals surface area contributed by atoms with Crippen LogP contribution in [0.2, 0.25) is 0 Å². The van der Waals surface area contributed by atoms with Crippen LogP contribution in [0.25, 0.3) is 5.57 Å². The van der Waals surface area contributed by atoms with Gasteiger partial charge < -0.3 is 20.4 Å². The zero-order valence-corrected chi connectivity index (χ0v) is 16.3. The van der Waals surface area contributed by atoms with Gasteiger partial charge in [-0.1, -0.05) is 24.3 Å². The van der Waals surface area contributed by atoms with Crippen LogP contribution in [0.3, 0.4) is 0 Å². The number of rotatable bonds is 6. The lowest BCUT2D eigenvalue weighted by atomic mass is 9.82. The van der Waals surface area contributed by atoms with E-state index in [1.807, 2.05) is 0 Å². The lowest BCUT2D eigenvalue weighted by Gasteiger charge is -2.44. The number of aliphatic hydroxyl groups excluding tert-OH is 1. The van der Waals surface area contributed by atoms with E-state index in [2.05, 4.69) is 10.3 Å². The molecule has 2 aromatic rings. The monoisotopic (exact) mass is 413 g/mol. The molecule has 0 aliphatic carbocycles. The number of β-lactam (4-membered cyclic amide) rings is 1. The number of aromatic nitrogens is 1. The number of carboxylic acids is 1. The molecule has 1 aromatic heterocycles. The molecule has 0 saturated carbocycles. The Kier molecular flexibility index (Phi) is 4.93. The number of carboxylic acid groups (broad SMARTS) is 1. The first kappa shape index (κ1) is 19.3. The van der Waals surface area contributed by atoms with Crippen LogP contribution in [0.4, 0.5) is 5.13 Å². The second-order valence-electron chi connectivity index (χ2n) is 7.14. The van der Waals surface area contributed by atoms with Crippen molar-refractivity contribution in [1.29, 1.82) is 0 Å². The lowest BCUT2D eigenvalue weighted by molar-refractivity contribution is -0.161. The summed E-state index contributed by atoms with van der Waals surface area (Å²) in [5, 5.41) is 24.5. The largest absolute Gasteiger partial charge is 0.477 e. The molecule has 2 amide bonds. The number of thiazole rings is 1. The molecule has 8 nitrogen and oxygen atoms in total. The zero-order valence-electron chi connectivity index (χ0n) is 15.5. The first-order chi connectivity index (χ1) is 13.9. The number of hydrogen-bond donors (Lipinski definition) is 3. The molecule has 1 fully saturated rings. The number of benzene rings is 1. The molecule has 150 valence electrons. The molecule has 4 rings (SSSR count). The molecular formula is C20H19N3O5S. The highest BCUT2D eigenvalue weighted by Gasteiger charge is 2.56. The fourth-order valence-electron chi connectivity index (χ4n) is 3.98. The Morgan fingerprint density at radius 2 is 2.07 bits per heavy atom. The summed E-state index contributed by atoms with van der Waals surface area (Å²) in [5.74, 6) is -2.27. The minimum absolute atomic E-state index is 0.0221. The van der Waals surface area contributed by atoms with Gasteiger partial charge in [-0.05, 0) is 30.0 Å². The molecule has 0 spiro atoms. The van der Waals surface area contributed by atoms with Gasteiger partial charge in [0, 0.05) is 11.6 Å². The average molecular weight is 413 g/mol. The smallest absolute Gasteiger partial charge is 0.352 e. The molecule has 3 N–H and O–H groups in total. The van der Waals surface area contributed by atoms with Crippen molar-refractivity contribution in [3.05, 3.63) is 52.7 Å². The molecule has 0 bridgehead atoms. The van der Waals surface area contributed by atoms with Crippen LogP contribution in [0.5, 0.6) is 0 Å². The Balaban J connectivity index is 1.52. The van der Waals surface area contributed by atoms with Crippen LogP contribution in [0.15, 0.2) is 41.5 Å². The number of aliphatic hydroxyl groups is 1. The van der Waals surface area contributed by atoms with Gasteiger partial charge in [0.15, 0.2) is 5.13 Å². The summed E-state index contributed by atoms with van der Waals surface area (Å²) in [5.41, 5.74) is 2.02. The summed E-state index contributed by atoms with van der Waals surface area (Å²) in [6.07, 6.45) is 1.34. The fraction of sp³-hybridized carbons (Fsp3) is 0.300. The molecule has 3 heterocycles. The maximum absolute atomic E-state index is 12.3. The van der Waals surface area contributed by atoms with E-state index in [4.69, 9.17) is 0 Å². The topological polar surface area (TPSA) is 120 Å². The lowest BCUT2D eigenvalue weighted by Crippen LogP contribution is -2.61. The normalized spacial score (nSPS) is 21.6. The van der Waals surface area contributed by atoms with Crippen molar-refractivity contribution in [1.82, 2.24) is 9.88 Å². The maximum atomic E-state index is 12.3. The van der Waals surface area contributed by atoms with Crippen LogP contribution in [-0.4, -0.2) is 50.0 Å². The Bertz CT molecular complexity index is 998. The van der Waals surface area contributed by atoms with E-state index >= 15 is 0 Å². The number of nitrogens with one attached hydrogen (secondary N) is 1. The highest BCUT2D eigenvalue weighted by atomic mass is 32.1. The molecule has 3 atom stereocenters. The second-order valence-corrected chi connectivity index (χ2v) is 8.03. The predicted molar refractivity (Wildman–Crippen MR) is 106 cm³/mol. The van der Waals surface area contributed by atoms with E-state index in [1.165, 1.54) is 16.2 Å². The van der Waals surface area contributed by atoms with Gasteiger partial charge >= 0.3 is 5.97 Å². The molecular weight excluding hydrogens is 394 g/mol. The van der Waals surface area contributed by atoms with Crippen molar-refractivity contribution in [3.8, 4) is 0 Å². The van der Waals surface area contributed by atoms with Gasteiger partial charge in [0.25, 0.3) is 0 Å². The third-order valence-corrected chi connectivity index (χ3v) is 5.97. The molecule has 0 radical (unpaired) electrons. The molecule has 0 unspecified atom stereocenters. The first-order valence-corrected chi connectivity index (χ1v) is 10.0. The number of aliphatic carboxylic acids is 1. The van der Waals surface area contributed by atoms with Crippen LogP contribution >= 0.6 is 11.3 Å². The van der Waals surface area contributed by atoms with Crippen LogP contribution in [-0.2, 0) is 20.8 Å². The van der Waals surface area contributed by atoms with E-state index in [0.717, 1.165) is 5.56 Å². The van der Waals surface area contributed by atoms with Crippen molar-refractivity contribution in [2.75, 3.05) is 5.32 Å². The molecule has 29 heavy (non-hydrogen) atoms. The number of nitrogens with zero attached hydrogens (tertiary/aromatic N) is 2. The van der Waals surface area contributed by atoms with Crippen molar-refractivity contribution < 1.29 is 24.6 Å². The van der Waals surface area contributed by atoms with Gasteiger partial charge in [-0.2, -0.15) is 0 Å². The van der Waals surface area contributed by atoms with Crippen LogP contribution < -0.4 is 5.32 Å². The Morgan fingerprint density at radius 3 is 2.66 bits per heavy atom. The SMILES string of the molecule is C[C@@H](O)[C@H]1C(=O)N2C(C(=O)O)=C(c3ccc(CC(=O)Nc4nccs4)cc3)C[C@H]12. The molecule has 2 aliphatic rings. The highest BCUT2D eigenvalue weighted by Crippen LogP contribution is 2.46. The van der Waals surface area contributed by atoms with Gasteiger partial charge in [0.1, 0.15) is 5.70 Å². The molecule has 1 aromatic carbocycles. The zero-order chi connectivity index (χ0) is 20.7. The van der Waals surface area contributed by atoms with Gasteiger partial charge in [0.05, 0.1) is 24.5 Å². The van der Waals surface area contributed by atoms with Gasteiger partial charge in [0.2, 0.25) is 11.8 Å². The standard InChI is InChI=1S/C20H19N3O5S/c1-10(24)16-14-9-13(17(19(27)28)23(14)18(16)26)12-4-2-11(3-5-12)8-15(25)22-20-21-6-7-29-20/h2-7,10,14,16,24H,8-9H2,1H3,(H,27,28)(H,21,22,25)/t10-,14-,16-/m1/s1. The number of carbonyl (C=O) groups is 3. The predicted octanol–water partition coefficient (Wildman–Crippen LogP) is 1.73. The summed E-state index contributed by atoms with van der Waals surface area (Å²) >= 11 is 1.34. The Labute approximate surface area is 170 Å². The quantitative estimate of drug-likeness (QED) is 0.621. The van der Waals surface area contributed by atoms with Gasteiger partial charge in [-0.25, -0.2) is 9.78 Å². The number of hydrogen-bond acceptors (Lipinski definition) is 6. The van der Waals surface area contributed by atoms with E-state index in [0.29, 0.717) is 22.7 Å². The van der Waals surface area contributed by atoms with Crippen LogP contribution in [0, 0.1) is 5.92 Å². The van der Waals surface area contributed by atoms with Gasteiger partial charge in [-0.15, -0.1) is 11.3 Å². The summed E-state index contributed by atoms with van der Waals surface area (Å²) in [4.78, 5) is 41.5. The summed E-state index contributed by atoms with van der Waals surface area (Å²) in [6, 6.07) is 6.74. The Morgan fingerprint density at radius 1 is 1.34 bits per heavy atom. The van der Waals surface area contributed by atoms with Gasteiger partial charge in [-0.3, -0.25) is 9.59 Å². The number of fused-ring (bicyclic) bond motifs is 1. The van der Waals surface area contributed by atoms with E-state index in [1.54, 1.807) is 42.8 Å².